The van der Waals surface area contributed by atoms with Gasteiger partial charge in [-0.1, -0.05) is 44.2 Å². The first-order valence-electron chi connectivity index (χ1n) is 8.17. The Morgan fingerprint density at radius 1 is 1.13 bits per heavy atom. The van der Waals surface area contributed by atoms with Gasteiger partial charge in [0.25, 0.3) is 5.91 Å². The van der Waals surface area contributed by atoms with Crippen LogP contribution in [0.4, 0.5) is 5.69 Å². The highest BCUT2D eigenvalue weighted by molar-refractivity contribution is 5.93. The lowest BCUT2D eigenvalue weighted by molar-refractivity contribution is 0.0949. The number of hydrogen-bond donors (Lipinski definition) is 2. The van der Waals surface area contributed by atoms with Gasteiger partial charge in [-0.3, -0.25) is 9.78 Å². The van der Waals surface area contributed by atoms with Gasteiger partial charge in [-0.25, -0.2) is 0 Å². The van der Waals surface area contributed by atoms with Gasteiger partial charge in [-0.15, -0.1) is 0 Å². The quantitative estimate of drug-likeness (QED) is 0.784. The third kappa shape index (κ3) is 6.10. The number of nitrogens with zero attached hydrogens (tertiary/aromatic N) is 1. The number of amides is 1. The maximum Gasteiger partial charge on any atom is 0.269 e. The Kier molecular flexibility index (Phi) is 6.60. The lowest BCUT2D eigenvalue weighted by Gasteiger charge is -2.09. The Morgan fingerprint density at radius 2 is 1.91 bits per heavy atom. The molecule has 1 heterocycles. The highest BCUT2D eigenvalue weighted by Crippen LogP contribution is 2.09. The van der Waals surface area contributed by atoms with Gasteiger partial charge >= 0.3 is 0 Å². The van der Waals surface area contributed by atoms with Gasteiger partial charge in [0, 0.05) is 25.0 Å². The van der Waals surface area contributed by atoms with E-state index >= 15 is 0 Å². The number of hydrogen-bond acceptors (Lipinski definition) is 3. The third-order valence-corrected chi connectivity index (χ3v) is 3.59. The van der Waals surface area contributed by atoms with Gasteiger partial charge in [0.2, 0.25) is 0 Å². The van der Waals surface area contributed by atoms with Crippen LogP contribution < -0.4 is 10.6 Å². The molecule has 4 heteroatoms. The minimum absolute atomic E-state index is 0.131. The molecule has 0 fully saturated rings. The molecule has 23 heavy (non-hydrogen) atoms. The van der Waals surface area contributed by atoms with Crippen molar-refractivity contribution in [2.24, 2.45) is 5.92 Å². The van der Waals surface area contributed by atoms with Crippen LogP contribution in [0.1, 0.15) is 36.3 Å². The van der Waals surface area contributed by atoms with E-state index in [0.717, 1.165) is 25.1 Å². The van der Waals surface area contributed by atoms with Crippen molar-refractivity contribution in [3.8, 4) is 0 Å². The van der Waals surface area contributed by atoms with Crippen LogP contribution in [0.5, 0.6) is 0 Å². The summed E-state index contributed by atoms with van der Waals surface area (Å²) in [5, 5.41) is 6.25. The van der Waals surface area contributed by atoms with Crippen molar-refractivity contribution in [1.82, 2.24) is 10.3 Å². The molecule has 1 aromatic heterocycles. The van der Waals surface area contributed by atoms with E-state index < -0.39 is 0 Å². The number of aromatic nitrogens is 1. The first-order valence-corrected chi connectivity index (χ1v) is 8.17. The number of pyridine rings is 1. The Bertz CT molecular complexity index is 611. The van der Waals surface area contributed by atoms with Crippen molar-refractivity contribution in [2.45, 2.75) is 26.7 Å². The fraction of sp³-hybridized carbons (Fsp3) is 0.368. The minimum Gasteiger partial charge on any atom is -0.385 e. The fourth-order valence-corrected chi connectivity index (χ4v) is 2.23. The molecule has 0 atom stereocenters. The molecule has 2 rings (SSSR count). The van der Waals surface area contributed by atoms with Crippen molar-refractivity contribution in [3.63, 3.8) is 0 Å². The largest absolute Gasteiger partial charge is 0.385 e. The predicted octanol–water partition coefficient (Wildman–Crippen LogP) is 3.51. The molecule has 0 unspecified atom stereocenters. The maximum atomic E-state index is 12.2. The van der Waals surface area contributed by atoms with E-state index in [1.807, 2.05) is 24.3 Å². The summed E-state index contributed by atoms with van der Waals surface area (Å²) >= 11 is 0. The molecule has 0 saturated heterocycles. The SMILES string of the molecule is CC(C)CCNc1ccnc(C(=O)NCCc2ccccc2)c1. The van der Waals surface area contributed by atoms with Crippen molar-refractivity contribution in [1.29, 1.82) is 0 Å². The summed E-state index contributed by atoms with van der Waals surface area (Å²) in [6, 6.07) is 13.8. The zero-order valence-electron chi connectivity index (χ0n) is 13.9. The highest BCUT2D eigenvalue weighted by Gasteiger charge is 2.07. The van der Waals surface area contributed by atoms with Crippen molar-refractivity contribution < 1.29 is 4.79 Å². The van der Waals surface area contributed by atoms with Crippen LogP contribution in [0.15, 0.2) is 48.7 Å². The smallest absolute Gasteiger partial charge is 0.269 e. The number of anilines is 1. The maximum absolute atomic E-state index is 12.2. The number of rotatable bonds is 8. The molecule has 0 bridgehead atoms. The second-order valence-electron chi connectivity index (χ2n) is 6.03. The molecule has 2 N–H and O–H groups in total. The second-order valence-corrected chi connectivity index (χ2v) is 6.03. The summed E-state index contributed by atoms with van der Waals surface area (Å²) in [6.07, 6.45) is 3.59. The lowest BCUT2D eigenvalue weighted by Crippen LogP contribution is -2.26. The monoisotopic (exact) mass is 311 g/mol. The van der Waals surface area contributed by atoms with Crippen molar-refractivity contribution in [3.05, 3.63) is 59.9 Å². The van der Waals surface area contributed by atoms with Gasteiger partial charge in [0.05, 0.1) is 0 Å². The zero-order chi connectivity index (χ0) is 16.5. The summed E-state index contributed by atoms with van der Waals surface area (Å²) < 4.78 is 0. The molecule has 2 aromatic rings. The van der Waals surface area contributed by atoms with E-state index in [4.69, 9.17) is 0 Å². The van der Waals surface area contributed by atoms with Crippen LogP contribution in [0.25, 0.3) is 0 Å². The molecular weight excluding hydrogens is 286 g/mol. The van der Waals surface area contributed by atoms with Crippen LogP contribution >= 0.6 is 0 Å². The van der Waals surface area contributed by atoms with Crippen LogP contribution in [0.3, 0.4) is 0 Å². The van der Waals surface area contributed by atoms with E-state index in [-0.39, 0.29) is 5.91 Å². The summed E-state index contributed by atoms with van der Waals surface area (Å²) in [5.74, 6) is 0.526. The average molecular weight is 311 g/mol. The minimum atomic E-state index is -0.131. The second kappa shape index (κ2) is 8.93. The van der Waals surface area contributed by atoms with Gasteiger partial charge < -0.3 is 10.6 Å². The topological polar surface area (TPSA) is 54.0 Å². The van der Waals surface area contributed by atoms with E-state index in [1.165, 1.54) is 5.56 Å². The number of carbonyl (C=O) groups is 1. The Morgan fingerprint density at radius 3 is 2.65 bits per heavy atom. The summed E-state index contributed by atoms with van der Waals surface area (Å²) in [6.45, 7) is 5.89. The normalized spacial score (nSPS) is 10.6. The Balaban J connectivity index is 1.82. The summed E-state index contributed by atoms with van der Waals surface area (Å²) in [5.41, 5.74) is 2.60. The molecule has 1 amide bonds. The van der Waals surface area contributed by atoms with E-state index in [2.05, 4.69) is 41.6 Å². The van der Waals surface area contributed by atoms with Crippen LogP contribution in [-0.2, 0) is 6.42 Å². The van der Waals surface area contributed by atoms with E-state index in [0.29, 0.717) is 18.2 Å². The summed E-state index contributed by atoms with van der Waals surface area (Å²) in [7, 11) is 0. The van der Waals surface area contributed by atoms with E-state index in [1.54, 1.807) is 12.3 Å². The molecule has 0 spiro atoms. The first kappa shape index (κ1) is 17.0. The lowest BCUT2D eigenvalue weighted by atomic mass is 10.1. The number of nitrogens with one attached hydrogen (secondary N) is 2. The Labute approximate surface area is 138 Å². The molecule has 0 radical (unpaired) electrons. The Hall–Kier alpha value is -2.36. The zero-order valence-corrected chi connectivity index (χ0v) is 13.9. The number of carbonyl (C=O) groups excluding carboxylic acids is 1. The predicted molar refractivity (Wildman–Crippen MR) is 94.7 cm³/mol. The molecule has 122 valence electrons. The first-order chi connectivity index (χ1) is 11.1. The fourth-order valence-electron chi connectivity index (χ4n) is 2.23. The number of benzene rings is 1. The molecule has 4 nitrogen and oxygen atoms in total. The van der Waals surface area contributed by atoms with Crippen LogP contribution in [-0.4, -0.2) is 24.0 Å². The molecule has 0 aliphatic heterocycles. The standard InChI is InChI=1S/C19H25N3O/c1-15(2)8-11-20-17-10-13-21-18(14-17)19(23)22-12-9-16-6-4-3-5-7-16/h3-7,10,13-15H,8-9,11-12H2,1-2H3,(H,20,21)(H,22,23). The molecule has 1 aromatic carbocycles. The third-order valence-electron chi connectivity index (χ3n) is 3.59. The van der Waals surface area contributed by atoms with Gasteiger partial charge in [0.15, 0.2) is 0 Å². The van der Waals surface area contributed by atoms with Gasteiger partial charge in [-0.2, -0.15) is 0 Å². The van der Waals surface area contributed by atoms with Crippen LogP contribution in [0.2, 0.25) is 0 Å². The van der Waals surface area contributed by atoms with Gasteiger partial charge in [-0.05, 0) is 36.5 Å². The molecule has 0 aliphatic carbocycles. The summed E-state index contributed by atoms with van der Waals surface area (Å²) in [4.78, 5) is 16.3. The molecule has 0 saturated carbocycles. The van der Waals surface area contributed by atoms with Gasteiger partial charge in [0.1, 0.15) is 5.69 Å². The highest BCUT2D eigenvalue weighted by atomic mass is 16.1. The average Bonchev–Trinajstić information content (AvgIpc) is 2.56. The van der Waals surface area contributed by atoms with Crippen molar-refractivity contribution >= 4 is 11.6 Å². The molecular formula is C19H25N3O. The van der Waals surface area contributed by atoms with E-state index in [9.17, 15) is 4.79 Å². The van der Waals surface area contributed by atoms with Crippen LogP contribution in [0, 0.1) is 5.92 Å². The molecule has 0 aliphatic rings. The van der Waals surface area contributed by atoms with Crippen molar-refractivity contribution in [2.75, 3.05) is 18.4 Å².